The molecule has 3 heteroatoms. The summed E-state index contributed by atoms with van der Waals surface area (Å²) in [5.74, 6) is 0. The van der Waals surface area contributed by atoms with Crippen LogP contribution in [0.15, 0.2) is 4.99 Å². The fraction of sp³-hybridized carbons (Fsp3) is 0.600. The van der Waals surface area contributed by atoms with E-state index >= 15 is 0 Å². The second-order valence-corrected chi connectivity index (χ2v) is 3.75. The van der Waals surface area contributed by atoms with Gasteiger partial charge < -0.3 is 0 Å². The SMILES string of the molecule is CC1=NC(=S)SC1C. The standard InChI is InChI=1S/C5H7NS2/c1-3-4(2)8-5(7)6-3/h4H,1-2H3. The van der Waals surface area contributed by atoms with Gasteiger partial charge in [0, 0.05) is 11.0 Å². The van der Waals surface area contributed by atoms with E-state index in [-0.39, 0.29) is 0 Å². The van der Waals surface area contributed by atoms with Crippen molar-refractivity contribution in [1.82, 2.24) is 0 Å². The zero-order valence-electron chi connectivity index (χ0n) is 4.84. The Morgan fingerprint density at radius 3 is 2.50 bits per heavy atom. The van der Waals surface area contributed by atoms with E-state index in [0.717, 1.165) is 10.0 Å². The molecule has 0 saturated heterocycles. The predicted molar refractivity (Wildman–Crippen MR) is 42.8 cm³/mol. The first kappa shape index (κ1) is 6.23. The van der Waals surface area contributed by atoms with Crippen molar-refractivity contribution < 1.29 is 0 Å². The molecule has 1 nitrogen and oxygen atoms in total. The summed E-state index contributed by atoms with van der Waals surface area (Å²) in [4.78, 5) is 4.08. The van der Waals surface area contributed by atoms with Crippen LogP contribution in [0, 0.1) is 0 Å². The molecule has 8 heavy (non-hydrogen) atoms. The lowest BCUT2D eigenvalue weighted by Gasteiger charge is -1.94. The van der Waals surface area contributed by atoms with Crippen molar-refractivity contribution in [2.24, 2.45) is 4.99 Å². The van der Waals surface area contributed by atoms with E-state index in [0.29, 0.717) is 5.25 Å². The van der Waals surface area contributed by atoms with E-state index in [1.807, 2.05) is 6.92 Å². The first-order chi connectivity index (χ1) is 3.70. The van der Waals surface area contributed by atoms with Gasteiger partial charge in [-0.3, -0.25) is 0 Å². The molecule has 1 unspecified atom stereocenters. The fourth-order valence-corrected chi connectivity index (χ4v) is 1.80. The maximum Gasteiger partial charge on any atom is 0.160 e. The van der Waals surface area contributed by atoms with Crippen LogP contribution in [-0.4, -0.2) is 15.3 Å². The molecule has 44 valence electrons. The minimum Gasteiger partial charge on any atom is -0.238 e. The highest BCUT2D eigenvalue weighted by atomic mass is 32.2. The van der Waals surface area contributed by atoms with Crippen LogP contribution >= 0.6 is 24.0 Å². The molecule has 0 N–H and O–H groups in total. The summed E-state index contributed by atoms with van der Waals surface area (Å²) in [7, 11) is 0. The van der Waals surface area contributed by atoms with Crippen molar-refractivity contribution in [3.8, 4) is 0 Å². The van der Waals surface area contributed by atoms with Crippen molar-refractivity contribution in [2.75, 3.05) is 0 Å². The number of aliphatic imine (C=N–C) groups is 1. The highest BCUT2D eigenvalue weighted by Crippen LogP contribution is 2.22. The highest BCUT2D eigenvalue weighted by molar-refractivity contribution is 8.24. The van der Waals surface area contributed by atoms with E-state index in [4.69, 9.17) is 12.2 Å². The van der Waals surface area contributed by atoms with Gasteiger partial charge in [-0.25, -0.2) is 4.99 Å². The Morgan fingerprint density at radius 1 is 1.75 bits per heavy atom. The third kappa shape index (κ3) is 1.09. The first-order valence-corrected chi connectivity index (χ1v) is 3.75. The molecule has 1 atom stereocenters. The van der Waals surface area contributed by atoms with Crippen LogP contribution in [0.5, 0.6) is 0 Å². The lowest BCUT2D eigenvalue weighted by Crippen LogP contribution is -2.01. The summed E-state index contributed by atoms with van der Waals surface area (Å²) >= 11 is 6.50. The normalized spacial score (nSPS) is 28.5. The van der Waals surface area contributed by atoms with Gasteiger partial charge in [0.25, 0.3) is 0 Å². The molecule has 0 bridgehead atoms. The van der Waals surface area contributed by atoms with Crippen LogP contribution in [0.2, 0.25) is 0 Å². The molecule has 0 spiro atoms. The molecule has 0 aromatic heterocycles. The summed E-state index contributed by atoms with van der Waals surface area (Å²) in [6, 6.07) is 0. The molecule has 0 aromatic rings. The summed E-state index contributed by atoms with van der Waals surface area (Å²) < 4.78 is 0.787. The largest absolute Gasteiger partial charge is 0.238 e. The lowest BCUT2D eigenvalue weighted by atomic mass is 10.3. The monoisotopic (exact) mass is 145 g/mol. The summed E-state index contributed by atoms with van der Waals surface area (Å²) in [5.41, 5.74) is 1.15. The van der Waals surface area contributed by atoms with E-state index in [9.17, 15) is 0 Å². The average molecular weight is 145 g/mol. The average Bonchev–Trinajstić information content (AvgIpc) is 1.85. The Bertz CT molecular complexity index is 151. The first-order valence-electron chi connectivity index (χ1n) is 2.46. The van der Waals surface area contributed by atoms with Crippen molar-refractivity contribution in [3.63, 3.8) is 0 Å². The highest BCUT2D eigenvalue weighted by Gasteiger charge is 2.15. The van der Waals surface area contributed by atoms with Gasteiger partial charge in [-0.05, 0) is 13.8 Å². The summed E-state index contributed by atoms with van der Waals surface area (Å²) in [5, 5.41) is 0.516. The number of hydrogen-bond acceptors (Lipinski definition) is 2. The van der Waals surface area contributed by atoms with E-state index in [1.54, 1.807) is 11.8 Å². The molecule has 1 aliphatic heterocycles. The van der Waals surface area contributed by atoms with Crippen molar-refractivity contribution in [2.45, 2.75) is 19.1 Å². The smallest absolute Gasteiger partial charge is 0.160 e. The summed E-state index contributed by atoms with van der Waals surface area (Å²) in [6.07, 6.45) is 0. The second-order valence-electron chi connectivity index (χ2n) is 1.78. The third-order valence-corrected chi connectivity index (χ3v) is 2.50. The van der Waals surface area contributed by atoms with Crippen LogP contribution in [-0.2, 0) is 0 Å². The molecule has 0 fully saturated rings. The van der Waals surface area contributed by atoms with E-state index in [2.05, 4.69) is 11.9 Å². The Labute approximate surface area is 58.6 Å². The molecular weight excluding hydrogens is 138 g/mol. The molecular formula is C5H7NS2. The van der Waals surface area contributed by atoms with Gasteiger partial charge in [-0.2, -0.15) is 0 Å². The Hall–Kier alpha value is 0.110. The Kier molecular flexibility index (Phi) is 1.68. The van der Waals surface area contributed by atoms with E-state index < -0.39 is 0 Å². The van der Waals surface area contributed by atoms with Gasteiger partial charge in [0.2, 0.25) is 0 Å². The molecule has 1 aliphatic rings. The van der Waals surface area contributed by atoms with Gasteiger partial charge in [0.05, 0.1) is 0 Å². The third-order valence-electron chi connectivity index (χ3n) is 1.13. The molecule has 0 amide bonds. The molecule has 0 saturated carbocycles. The van der Waals surface area contributed by atoms with Gasteiger partial charge >= 0.3 is 0 Å². The number of thiocarbonyl (C=S) groups is 1. The number of nitrogens with zero attached hydrogens (tertiary/aromatic N) is 1. The minimum atomic E-state index is 0.516. The van der Waals surface area contributed by atoms with Gasteiger partial charge in [0.1, 0.15) is 0 Å². The van der Waals surface area contributed by atoms with Crippen molar-refractivity contribution >= 4 is 34.0 Å². The van der Waals surface area contributed by atoms with Crippen LogP contribution in [0.25, 0.3) is 0 Å². The van der Waals surface area contributed by atoms with Crippen LogP contribution in [0.3, 0.4) is 0 Å². The van der Waals surface area contributed by atoms with Crippen LogP contribution in [0.1, 0.15) is 13.8 Å². The number of rotatable bonds is 0. The molecule has 1 rings (SSSR count). The molecule has 1 heterocycles. The Balaban J connectivity index is 2.73. The summed E-state index contributed by atoms with van der Waals surface area (Å²) in [6.45, 7) is 4.12. The van der Waals surface area contributed by atoms with Crippen LogP contribution in [0.4, 0.5) is 0 Å². The molecule has 0 radical (unpaired) electrons. The maximum absolute atomic E-state index is 4.85. The van der Waals surface area contributed by atoms with Gasteiger partial charge in [-0.1, -0.05) is 24.0 Å². The molecule has 0 aliphatic carbocycles. The van der Waals surface area contributed by atoms with E-state index in [1.165, 1.54) is 0 Å². The quantitative estimate of drug-likeness (QED) is 0.482. The zero-order chi connectivity index (χ0) is 6.15. The zero-order valence-corrected chi connectivity index (χ0v) is 6.47. The number of hydrogen-bond donors (Lipinski definition) is 0. The molecule has 0 aromatic carbocycles. The van der Waals surface area contributed by atoms with Gasteiger partial charge in [0.15, 0.2) is 4.32 Å². The van der Waals surface area contributed by atoms with Gasteiger partial charge in [-0.15, -0.1) is 0 Å². The minimum absolute atomic E-state index is 0.516. The Morgan fingerprint density at radius 2 is 2.38 bits per heavy atom. The van der Waals surface area contributed by atoms with Crippen molar-refractivity contribution in [3.05, 3.63) is 0 Å². The van der Waals surface area contributed by atoms with Crippen LogP contribution < -0.4 is 0 Å². The predicted octanol–water partition coefficient (Wildman–Crippen LogP) is 1.87. The van der Waals surface area contributed by atoms with Crippen molar-refractivity contribution in [1.29, 1.82) is 0 Å². The maximum atomic E-state index is 4.85. The second kappa shape index (κ2) is 2.15. The topological polar surface area (TPSA) is 12.4 Å². The number of thioether (sulfide) groups is 1. The lowest BCUT2D eigenvalue weighted by molar-refractivity contribution is 1.31. The fourth-order valence-electron chi connectivity index (χ4n) is 0.498.